The zero-order valence-corrected chi connectivity index (χ0v) is 16.4. The van der Waals surface area contributed by atoms with E-state index in [9.17, 15) is 0 Å². The predicted octanol–water partition coefficient (Wildman–Crippen LogP) is 3.41. The molecule has 2 aromatic rings. The molecule has 1 saturated heterocycles. The van der Waals surface area contributed by atoms with Crippen LogP contribution in [0.4, 0.5) is 5.69 Å². The Bertz CT molecular complexity index is 651. The highest BCUT2D eigenvalue weighted by molar-refractivity contribution is 7.80. The van der Waals surface area contributed by atoms with Gasteiger partial charge in [-0.15, -0.1) is 11.3 Å². The molecule has 2 heterocycles. The minimum atomic E-state index is 0.228. The van der Waals surface area contributed by atoms with Gasteiger partial charge in [-0.1, -0.05) is 24.3 Å². The van der Waals surface area contributed by atoms with Crippen molar-refractivity contribution in [2.24, 2.45) is 0 Å². The molecule has 3 rings (SSSR count). The number of para-hydroxylation sites is 1. The van der Waals surface area contributed by atoms with E-state index in [0.717, 1.165) is 31.9 Å². The Hall–Kier alpha value is -1.47. The fourth-order valence-electron chi connectivity index (χ4n) is 3.28. The number of benzene rings is 1. The lowest BCUT2D eigenvalue weighted by Gasteiger charge is -2.40. The fraction of sp³-hybridized carbons (Fsp3) is 0.421. The molecule has 134 valence electrons. The van der Waals surface area contributed by atoms with Gasteiger partial charge in [0.05, 0.1) is 6.04 Å². The average molecular weight is 375 g/mol. The van der Waals surface area contributed by atoms with Gasteiger partial charge >= 0.3 is 0 Å². The lowest BCUT2D eigenvalue weighted by Crippen LogP contribution is -2.51. The second-order valence-electron chi connectivity index (χ2n) is 6.55. The van der Waals surface area contributed by atoms with E-state index in [4.69, 9.17) is 12.2 Å². The van der Waals surface area contributed by atoms with Crippen molar-refractivity contribution in [2.45, 2.75) is 19.0 Å². The molecule has 25 heavy (non-hydrogen) atoms. The van der Waals surface area contributed by atoms with Gasteiger partial charge in [0.15, 0.2) is 5.11 Å². The van der Waals surface area contributed by atoms with Crippen LogP contribution in [0.15, 0.2) is 47.8 Å². The zero-order chi connectivity index (χ0) is 17.6. The molecule has 0 radical (unpaired) electrons. The van der Waals surface area contributed by atoms with E-state index in [1.807, 2.05) is 41.7 Å². The lowest BCUT2D eigenvalue weighted by molar-refractivity contribution is 0.0990. The molecule has 2 atom stereocenters. The van der Waals surface area contributed by atoms with Crippen molar-refractivity contribution in [1.29, 1.82) is 0 Å². The third-order valence-corrected chi connectivity index (χ3v) is 5.79. The van der Waals surface area contributed by atoms with Gasteiger partial charge in [-0.3, -0.25) is 4.90 Å². The van der Waals surface area contributed by atoms with E-state index in [1.165, 1.54) is 4.88 Å². The Labute approximate surface area is 159 Å². The van der Waals surface area contributed by atoms with Gasteiger partial charge in [0.1, 0.15) is 0 Å². The smallest absolute Gasteiger partial charge is 0.171 e. The average Bonchev–Trinajstić information content (AvgIpc) is 3.11. The Morgan fingerprint density at radius 3 is 2.44 bits per heavy atom. The van der Waals surface area contributed by atoms with Crippen LogP contribution < -0.4 is 10.6 Å². The summed E-state index contributed by atoms with van der Waals surface area (Å²) < 4.78 is 0. The number of hydrogen-bond donors (Lipinski definition) is 2. The highest BCUT2D eigenvalue weighted by Crippen LogP contribution is 2.29. The van der Waals surface area contributed by atoms with Crippen molar-refractivity contribution in [3.63, 3.8) is 0 Å². The van der Waals surface area contributed by atoms with Gasteiger partial charge in [-0.25, -0.2) is 0 Å². The predicted molar refractivity (Wildman–Crippen MR) is 111 cm³/mol. The van der Waals surface area contributed by atoms with Crippen LogP contribution >= 0.6 is 23.6 Å². The van der Waals surface area contributed by atoms with E-state index >= 15 is 0 Å². The van der Waals surface area contributed by atoms with Gasteiger partial charge < -0.3 is 15.5 Å². The Morgan fingerprint density at radius 1 is 1.08 bits per heavy atom. The van der Waals surface area contributed by atoms with E-state index in [-0.39, 0.29) is 6.04 Å². The second kappa shape index (κ2) is 8.76. The maximum absolute atomic E-state index is 5.54. The van der Waals surface area contributed by atoms with Crippen molar-refractivity contribution in [3.8, 4) is 0 Å². The van der Waals surface area contributed by atoms with Crippen LogP contribution in [0.2, 0.25) is 0 Å². The van der Waals surface area contributed by atoms with Gasteiger partial charge in [0.25, 0.3) is 0 Å². The molecule has 1 aliphatic rings. The number of nitrogens with one attached hydrogen (secondary N) is 2. The standard InChI is InChI=1S/C19H26N4S2/c1-15(20-19(24)21-16-7-4-3-5-8-16)18(17-9-6-14-25-17)23-12-10-22(2)11-13-23/h3-9,14-15,18H,10-13H2,1-2H3,(H2,20,21,24)/t15-,18-/m1/s1. The third-order valence-electron chi connectivity index (χ3n) is 4.63. The van der Waals surface area contributed by atoms with Crippen molar-refractivity contribution in [2.75, 3.05) is 38.5 Å². The summed E-state index contributed by atoms with van der Waals surface area (Å²) in [4.78, 5) is 6.36. The number of nitrogens with zero attached hydrogens (tertiary/aromatic N) is 2. The maximum atomic E-state index is 5.54. The number of rotatable bonds is 5. The molecular formula is C19H26N4S2. The molecule has 0 aliphatic carbocycles. The first-order valence-electron chi connectivity index (χ1n) is 8.72. The van der Waals surface area contributed by atoms with Crippen LogP contribution in [0.25, 0.3) is 0 Å². The van der Waals surface area contributed by atoms with Gasteiger partial charge in [0, 0.05) is 42.8 Å². The summed E-state index contributed by atoms with van der Waals surface area (Å²) in [6.45, 7) is 6.62. The molecule has 1 aliphatic heterocycles. The highest BCUT2D eigenvalue weighted by Gasteiger charge is 2.29. The van der Waals surface area contributed by atoms with E-state index in [2.05, 4.69) is 51.9 Å². The monoisotopic (exact) mass is 374 g/mol. The highest BCUT2D eigenvalue weighted by atomic mass is 32.1. The molecular weight excluding hydrogens is 348 g/mol. The first kappa shape index (κ1) is 18.3. The molecule has 0 saturated carbocycles. The van der Waals surface area contributed by atoms with Crippen molar-refractivity contribution in [1.82, 2.24) is 15.1 Å². The molecule has 0 bridgehead atoms. The summed E-state index contributed by atoms with van der Waals surface area (Å²) in [6, 6.07) is 15.0. The third kappa shape index (κ3) is 5.01. The van der Waals surface area contributed by atoms with E-state index in [0.29, 0.717) is 11.2 Å². The summed E-state index contributed by atoms with van der Waals surface area (Å²) in [6.07, 6.45) is 0. The van der Waals surface area contributed by atoms with Crippen molar-refractivity contribution in [3.05, 3.63) is 52.7 Å². The quantitative estimate of drug-likeness (QED) is 0.783. The van der Waals surface area contributed by atoms with Crippen LogP contribution in [-0.4, -0.2) is 54.2 Å². The summed E-state index contributed by atoms with van der Waals surface area (Å²) in [7, 11) is 2.19. The minimum Gasteiger partial charge on any atom is -0.358 e. The number of thiocarbonyl (C=S) groups is 1. The molecule has 0 amide bonds. The Morgan fingerprint density at radius 2 is 1.80 bits per heavy atom. The van der Waals surface area contributed by atoms with Crippen LogP contribution in [0.5, 0.6) is 0 Å². The zero-order valence-electron chi connectivity index (χ0n) is 14.8. The van der Waals surface area contributed by atoms with Gasteiger partial charge in [-0.2, -0.15) is 0 Å². The fourth-order valence-corrected chi connectivity index (χ4v) is 4.54. The van der Waals surface area contributed by atoms with Gasteiger partial charge in [0.2, 0.25) is 0 Å². The largest absolute Gasteiger partial charge is 0.358 e. The minimum absolute atomic E-state index is 0.228. The Balaban J connectivity index is 1.66. The van der Waals surface area contributed by atoms with Crippen LogP contribution in [0.1, 0.15) is 17.8 Å². The van der Waals surface area contributed by atoms with Crippen molar-refractivity contribution >= 4 is 34.4 Å². The molecule has 2 N–H and O–H groups in total. The molecule has 0 unspecified atom stereocenters. The topological polar surface area (TPSA) is 30.5 Å². The lowest BCUT2D eigenvalue weighted by atomic mass is 10.1. The number of likely N-dealkylation sites (N-methyl/N-ethyl adjacent to an activating group) is 1. The summed E-state index contributed by atoms with van der Waals surface area (Å²) >= 11 is 7.36. The normalized spacial score (nSPS) is 18.5. The number of anilines is 1. The second-order valence-corrected chi connectivity index (χ2v) is 7.94. The molecule has 4 nitrogen and oxygen atoms in total. The van der Waals surface area contributed by atoms with Crippen LogP contribution in [0.3, 0.4) is 0 Å². The number of thiophene rings is 1. The van der Waals surface area contributed by atoms with Crippen LogP contribution in [0, 0.1) is 0 Å². The van der Waals surface area contributed by atoms with Crippen molar-refractivity contribution < 1.29 is 0 Å². The van der Waals surface area contributed by atoms with E-state index < -0.39 is 0 Å². The van der Waals surface area contributed by atoms with E-state index in [1.54, 1.807) is 0 Å². The van der Waals surface area contributed by atoms with Gasteiger partial charge in [-0.05, 0) is 49.8 Å². The molecule has 0 spiro atoms. The molecule has 1 aromatic heterocycles. The SMILES string of the molecule is C[C@@H](NC(=S)Nc1ccccc1)[C@H](c1cccs1)N1CCN(C)CC1. The van der Waals surface area contributed by atoms with Crippen LogP contribution in [-0.2, 0) is 0 Å². The molecule has 6 heteroatoms. The summed E-state index contributed by atoms with van der Waals surface area (Å²) in [5.74, 6) is 0. The maximum Gasteiger partial charge on any atom is 0.171 e. The number of hydrogen-bond acceptors (Lipinski definition) is 4. The molecule has 1 fully saturated rings. The number of piperazine rings is 1. The first-order valence-corrected chi connectivity index (χ1v) is 10.0. The summed E-state index contributed by atoms with van der Waals surface area (Å²) in [5.41, 5.74) is 1.01. The molecule has 1 aromatic carbocycles. The summed E-state index contributed by atoms with van der Waals surface area (Å²) in [5, 5.41) is 9.61. The Kier molecular flexibility index (Phi) is 6.42. The first-order chi connectivity index (χ1) is 12.1.